The summed E-state index contributed by atoms with van der Waals surface area (Å²) in [6.45, 7) is 2.18. The number of nitrogens with zero attached hydrogens (tertiary/aromatic N) is 1. The van der Waals surface area contributed by atoms with Gasteiger partial charge in [-0.1, -0.05) is 67.6 Å². The second-order valence-electron chi connectivity index (χ2n) is 9.50. The molecule has 1 unspecified atom stereocenters. The Morgan fingerprint density at radius 3 is 2.29 bits per heavy atom. The van der Waals surface area contributed by atoms with Gasteiger partial charge in [-0.05, 0) is 84.9 Å². The number of carbonyl (C=O) groups excluding carboxylic acids is 1. The van der Waals surface area contributed by atoms with Gasteiger partial charge in [0, 0.05) is 23.2 Å². The Kier molecular flexibility index (Phi) is 6.71. The summed E-state index contributed by atoms with van der Waals surface area (Å²) in [5.41, 5.74) is 5.44. The van der Waals surface area contributed by atoms with E-state index in [0.29, 0.717) is 11.8 Å². The maximum Gasteiger partial charge on any atom is 0.251 e. The Morgan fingerprint density at radius 1 is 0.882 bits per heavy atom. The predicted octanol–water partition coefficient (Wildman–Crippen LogP) is 7.38. The van der Waals surface area contributed by atoms with Gasteiger partial charge in [0.15, 0.2) is 0 Å². The number of para-hydroxylation sites is 1. The van der Waals surface area contributed by atoms with Crippen molar-refractivity contribution in [1.29, 1.82) is 0 Å². The molecule has 0 saturated heterocycles. The molecule has 0 spiro atoms. The number of pyridine rings is 1. The SMILES string of the molecule is CCC(NC(=O)c1ccc(-c2ccccc2)cc1)C1CCC(c2cnc3ccccc3c2)CC1. The van der Waals surface area contributed by atoms with E-state index in [-0.39, 0.29) is 11.9 Å². The van der Waals surface area contributed by atoms with Crippen LogP contribution in [0, 0.1) is 5.92 Å². The highest BCUT2D eigenvalue weighted by Gasteiger charge is 2.28. The minimum atomic E-state index is 0.0346. The van der Waals surface area contributed by atoms with Gasteiger partial charge < -0.3 is 5.32 Å². The first-order chi connectivity index (χ1) is 16.7. The molecule has 1 amide bonds. The number of aromatic nitrogens is 1. The lowest BCUT2D eigenvalue weighted by Crippen LogP contribution is -2.41. The third-order valence-corrected chi connectivity index (χ3v) is 7.43. The van der Waals surface area contributed by atoms with E-state index in [1.54, 1.807) is 0 Å². The Bertz CT molecular complexity index is 1240. The number of benzene rings is 3. The van der Waals surface area contributed by atoms with Gasteiger partial charge in [-0.2, -0.15) is 0 Å². The monoisotopic (exact) mass is 448 g/mol. The van der Waals surface area contributed by atoms with Crippen molar-refractivity contribution < 1.29 is 4.79 Å². The van der Waals surface area contributed by atoms with Crippen LogP contribution in [0.15, 0.2) is 91.1 Å². The first-order valence-corrected chi connectivity index (χ1v) is 12.5. The van der Waals surface area contributed by atoms with Gasteiger partial charge in [0.05, 0.1) is 5.52 Å². The summed E-state index contributed by atoms with van der Waals surface area (Å²) < 4.78 is 0. The van der Waals surface area contributed by atoms with Gasteiger partial charge in [-0.15, -0.1) is 0 Å². The van der Waals surface area contributed by atoms with Crippen molar-refractivity contribution in [3.63, 3.8) is 0 Å². The molecule has 3 nitrogen and oxygen atoms in total. The second kappa shape index (κ2) is 10.2. The number of fused-ring (bicyclic) bond motifs is 1. The van der Waals surface area contributed by atoms with Crippen LogP contribution in [0.25, 0.3) is 22.0 Å². The van der Waals surface area contributed by atoms with Crippen LogP contribution in [-0.4, -0.2) is 16.9 Å². The Hall–Kier alpha value is -3.46. The van der Waals surface area contributed by atoms with E-state index in [1.807, 2.05) is 48.5 Å². The minimum absolute atomic E-state index is 0.0346. The van der Waals surface area contributed by atoms with E-state index in [4.69, 9.17) is 0 Å². The van der Waals surface area contributed by atoms with Gasteiger partial charge >= 0.3 is 0 Å². The Balaban J connectivity index is 1.19. The van der Waals surface area contributed by atoms with E-state index < -0.39 is 0 Å². The van der Waals surface area contributed by atoms with Crippen molar-refractivity contribution in [2.75, 3.05) is 0 Å². The van der Waals surface area contributed by atoms with Crippen LogP contribution in [0.1, 0.15) is 60.9 Å². The molecular formula is C31H32N2O. The second-order valence-corrected chi connectivity index (χ2v) is 9.50. The van der Waals surface area contributed by atoms with Gasteiger partial charge in [0.2, 0.25) is 0 Å². The number of hydrogen-bond acceptors (Lipinski definition) is 2. The number of nitrogens with one attached hydrogen (secondary N) is 1. The molecule has 1 N–H and O–H groups in total. The lowest BCUT2D eigenvalue weighted by Gasteiger charge is -2.34. The van der Waals surface area contributed by atoms with E-state index in [0.717, 1.165) is 48.7 Å². The molecule has 5 rings (SSSR count). The smallest absolute Gasteiger partial charge is 0.251 e. The molecule has 34 heavy (non-hydrogen) atoms. The maximum absolute atomic E-state index is 13.0. The molecule has 3 aromatic carbocycles. The summed E-state index contributed by atoms with van der Waals surface area (Å²) in [5.74, 6) is 1.13. The van der Waals surface area contributed by atoms with Crippen molar-refractivity contribution in [3.05, 3.63) is 102 Å². The van der Waals surface area contributed by atoms with Crippen molar-refractivity contribution in [3.8, 4) is 11.1 Å². The van der Waals surface area contributed by atoms with Crippen LogP contribution < -0.4 is 5.32 Å². The fourth-order valence-electron chi connectivity index (χ4n) is 5.42. The zero-order valence-electron chi connectivity index (χ0n) is 19.8. The van der Waals surface area contributed by atoms with Gasteiger partial charge in [0.25, 0.3) is 5.91 Å². The van der Waals surface area contributed by atoms with Gasteiger partial charge in [-0.3, -0.25) is 9.78 Å². The fraction of sp³-hybridized carbons (Fsp3) is 0.290. The quantitative estimate of drug-likeness (QED) is 0.334. The van der Waals surface area contributed by atoms with Crippen molar-refractivity contribution >= 4 is 16.8 Å². The van der Waals surface area contributed by atoms with E-state index in [1.165, 1.54) is 16.5 Å². The zero-order valence-corrected chi connectivity index (χ0v) is 19.8. The highest BCUT2D eigenvalue weighted by Crippen LogP contribution is 2.38. The van der Waals surface area contributed by atoms with Gasteiger partial charge in [0.1, 0.15) is 0 Å². The molecule has 172 valence electrons. The molecular weight excluding hydrogens is 416 g/mol. The van der Waals surface area contributed by atoms with Crippen molar-refractivity contribution in [1.82, 2.24) is 10.3 Å². The Morgan fingerprint density at radius 2 is 1.56 bits per heavy atom. The molecule has 4 aromatic rings. The predicted molar refractivity (Wildman–Crippen MR) is 140 cm³/mol. The normalized spacial score (nSPS) is 19.0. The maximum atomic E-state index is 13.0. The van der Waals surface area contributed by atoms with E-state index >= 15 is 0 Å². The highest BCUT2D eigenvalue weighted by molar-refractivity contribution is 5.94. The average molecular weight is 449 g/mol. The lowest BCUT2D eigenvalue weighted by atomic mass is 9.75. The van der Waals surface area contributed by atoms with Crippen LogP contribution in [0.5, 0.6) is 0 Å². The van der Waals surface area contributed by atoms with E-state index in [2.05, 4.69) is 59.8 Å². The summed E-state index contributed by atoms with van der Waals surface area (Å²) in [7, 11) is 0. The van der Waals surface area contributed by atoms with E-state index in [9.17, 15) is 4.79 Å². The van der Waals surface area contributed by atoms with Crippen molar-refractivity contribution in [2.24, 2.45) is 5.92 Å². The fourth-order valence-corrected chi connectivity index (χ4v) is 5.42. The van der Waals surface area contributed by atoms with Gasteiger partial charge in [-0.25, -0.2) is 0 Å². The number of rotatable bonds is 6. The molecule has 0 bridgehead atoms. The van der Waals surface area contributed by atoms with Crippen molar-refractivity contribution in [2.45, 2.75) is 51.0 Å². The summed E-state index contributed by atoms with van der Waals surface area (Å²) in [4.78, 5) is 17.7. The number of amides is 1. The topological polar surface area (TPSA) is 42.0 Å². The molecule has 1 atom stereocenters. The zero-order chi connectivity index (χ0) is 23.3. The molecule has 1 aromatic heterocycles. The number of hydrogen-bond donors (Lipinski definition) is 1. The molecule has 1 fully saturated rings. The Labute approximate surface area is 202 Å². The molecule has 0 aliphatic heterocycles. The summed E-state index contributed by atoms with van der Waals surface area (Å²) >= 11 is 0. The summed E-state index contributed by atoms with van der Waals surface area (Å²) in [6.07, 6.45) is 7.62. The molecule has 1 heterocycles. The number of carbonyl (C=O) groups is 1. The van der Waals surface area contributed by atoms with Crippen LogP contribution in [-0.2, 0) is 0 Å². The minimum Gasteiger partial charge on any atom is -0.349 e. The molecule has 1 aliphatic rings. The molecule has 1 saturated carbocycles. The average Bonchev–Trinajstić information content (AvgIpc) is 2.92. The lowest BCUT2D eigenvalue weighted by molar-refractivity contribution is 0.0909. The first-order valence-electron chi connectivity index (χ1n) is 12.5. The third-order valence-electron chi connectivity index (χ3n) is 7.43. The summed E-state index contributed by atoms with van der Waals surface area (Å²) in [5, 5.41) is 4.56. The highest BCUT2D eigenvalue weighted by atomic mass is 16.1. The molecule has 0 radical (unpaired) electrons. The van der Waals surface area contributed by atoms with Crippen LogP contribution in [0.3, 0.4) is 0 Å². The van der Waals surface area contributed by atoms with Crippen LogP contribution >= 0.6 is 0 Å². The molecule has 3 heteroatoms. The van der Waals surface area contributed by atoms with Crippen LogP contribution in [0.4, 0.5) is 0 Å². The largest absolute Gasteiger partial charge is 0.349 e. The molecule has 1 aliphatic carbocycles. The summed E-state index contributed by atoms with van der Waals surface area (Å²) in [6, 6.07) is 29.1. The third kappa shape index (κ3) is 4.89. The standard InChI is InChI=1S/C31H32N2O/c1-2-29(33-31(34)26-18-14-23(15-19-26)22-8-4-3-5-9-22)25-16-12-24(13-17-25)28-20-27-10-6-7-11-30(27)32-21-28/h3-11,14-15,18-21,24-25,29H,2,12-13,16-17H2,1H3,(H,33,34). The van der Waals surface area contributed by atoms with Crippen LogP contribution in [0.2, 0.25) is 0 Å². The first kappa shape index (κ1) is 22.3.